The van der Waals surface area contributed by atoms with E-state index in [0.29, 0.717) is 6.04 Å². The number of likely N-dealkylation sites (N-methyl/N-ethyl adjacent to an activating group) is 1. The van der Waals surface area contributed by atoms with Crippen LogP contribution in [0, 0.1) is 0 Å². The van der Waals surface area contributed by atoms with Crippen LogP contribution < -0.4 is 10.1 Å². The topological polar surface area (TPSA) is 24.5 Å². The maximum atomic E-state index is 5.62. The molecule has 1 aromatic carbocycles. The molecule has 1 N–H and O–H groups in total. The van der Waals surface area contributed by atoms with Crippen LogP contribution in [0.3, 0.4) is 0 Å². The van der Waals surface area contributed by atoms with E-state index in [2.05, 4.69) is 29.4 Å². The Morgan fingerprint density at radius 2 is 2.00 bits per heavy atom. The van der Waals surface area contributed by atoms with E-state index < -0.39 is 0 Å². The highest BCUT2D eigenvalue weighted by Crippen LogP contribution is 2.19. The molecule has 1 unspecified atom stereocenters. The summed E-state index contributed by atoms with van der Waals surface area (Å²) < 4.78 is 5.62. The van der Waals surface area contributed by atoms with Gasteiger partial charge in [-0.1, -0.05) is 0 Å². The van der Waals surface area contributed by atoms with Gasteiger partial charge >= 0.3 is 0 Å². The third kappa shape index (κ3) is 3.63. The predicted molar refractivity (Wildman–Crippen MR) is 71.7 cm³/mol. The molecule has 1 atom stereocenters. The minimum absolute atomic E-state index is 0.234. The van der Waals surface area contributed by atoms with Gasteiger partial charge in [-0.25, -0.2) is 0 Å². The second-order valence-electron chi connectivity index (χ2n) is 5.08. The molecule has 2 rings (SSSR count). The van der Waals surface area contributed by atoms with E-state index in [1.165, 1.54) is 18.7 Å². The second-order valence-corrected chi connectivity index (χ2v) is 5.08. The Morgan fingerprint density at radius 3 is 2.53 bits per heavy atom. The zero-order chi connectivity index (χ0) is 12.3. The zero-order valence-corrected chi connectivity index (χ0v) is 10.9. The van der Waals surface area contributed by atoms with Crippen LogP contribution in [-0.4, -0.2) is 37.2 Å². The van der Waals surface area contributed by atoms with Crippen molar-refractivity contribution in [3.8, 4) is 5.75 Å². The summed E-state index contributed by atoms with van der Waals surface area (Å²) in [6, 6.07) is 8.82. The molecule has 1 aliphatic heterocycles. The standard InChI is InChI=1S/C14H22N2O/c1-11(2)17-14-6-4-12(5-7-14)15-13-8-9-16(3)10-13/h4-7,11,13,15H,8-10H2,1-3H3. The van der Waals surface area contributed by atoms with E-state index in [0.717, 1.165) is 12.3 Å². The first-order chi connectivity index (χ1) is 8.13. The van der Waals surface area contributed by atoms with Gasteiger partial charge in [-0.05, 0) is 58.1 Å². The van der Waals surface area contributed by atoms with Crippen LogP contribution >= 0.6 is 0 Å². The molecule has 0 aliphatic carbocycles. The van der Waals surface area contributed by atoms with E-state index in [9.17, 15) is 0 Å². The smallest absolute Gasteiger partial charge is 0.119 e. The van der Waals surface area contributed by atoms with Crippen LogP contribution in [0.5, 0.6) is 5.75 Å². The van der Waals surface area contributed by atoms with E-state index in [1.54, 1.807) is 0 Å². The first-order valence-electron chi connectivity index (χ1n) is 6.35. The van der Waals surface area contributed by atoms with Gasteiger partial charge in [0, 0.05) is 18.3 Å². The first kappa shape index (κ1) is 12.2. The molecule has 0 radical (unpaired) electrons. The molecule has 0 amide bonds. The molecule has 1 aromatic rings. The van der Waals surface area contributed by atoms with Crippen LogP contribution in [0.15, 0.2) is 24.3 Å². The maximum Gasteiger partial charge on any atom is 0.119 e. The van der Waals surface area contributed by atoms with Crippen LogP contribution in [0.1, 0.15) is 20.3 Å². The maximum absolute atomic E-state index is 5.62. The highest BCUT2D eigenvalue weighted by atomic mass is 16.5. The number of nitrogens with zero attached hydrogens (tertiary/aromatic N) is 1. The Morgan fingerprint density at radius 1 is 1.29 bits per heavy atom. The third-order valence-corrected chi connectivity index (χ3v) is 2.99. The number of hydrogen-bond acceptors (Lipinski definition) is 3. The lowest BCUT2D eigenvalue weighted by molar-refractivity contribution is 0.242. The third-order valence-electron chi connectivity index (χ3n) is 2.99. The van der Waals surface area contributed by atoms with Crippen molar-refractivity contribution in [2.24, 2.45) is 0 Å². The number of likely N-dealkylation sites (tertiary alicyclic amines) is 1. The molecular weight excluding hydrogens is 212 g/mol. The molecule has 1 saturated heterocycles. The Kier molecular flexibility index (Phi) is 3.89. The fourth-order valence-electron chi connectivity index (χ4n) is 2.19. The van der Waals surface area contributed by atoms with Gasteiger partial charge in [0.05, 0.1) is 6.10 Å². The van der Waals surface area contributed by atoms with Crippen molar-refractivity contribution in [3.63, 3.8) is 0 Å². The van der Waals surface area contributed by atoms with Gasteiger partial charge in [0.25, 0.3) is 0 Å². The summed E-state index contributed by atoms with van der Waals surface area (Å²) in [5, 5.41) is 3.55. The molecule has 0 bridgehead atoms. The van der Waals surface area contributed by atoms with E-state index in [-0.39, 0.29) is 6.10 Å². The normalized spacial score (nSPS) is 20.8. The highest BCUT2D eigenvalue weighted by Gasteiger charge is 2.18. The van der Waals surface area contributed by atoms with Crippen molar-refractivity contribution in [3.05, 3.63) is 24.3 Å². The summed E-state index contributed by atoms with van der Waals surface area (Å²) in [4.78, 5) is 2.36. The predicted octanol–water partition coefficient (Wildman–Crippen LogP) is 2.59. The van der Waals surface area contributed by atoms with Crippen LogP contribution in [-0.2, 0) is 0 Å². The van der Waals surface area contributed by atoms with Gasteiger partial charge in [-0.2, -0.15) is 0 Å². The van der Waals surface area contributed by atoms with Crippen LogP contribution in [0.25, 0.3) is 0 Å². The highest BCUT2D eigenvalue weighted by molar-refractivity contribution is 5.47. The average molecular weight is 234 g/mol. The monoisotopic (exact) mass is 234 g/mol. The van der Waals surface area contributed by atoms with Crippen molar-refractivity contribution in [1.82, 2.24) is 4.90 Å². The molecule has 3 heteroatoms. The molecule has 1 fully saturated rings. The summed E-state index contributed by atoms with van der Waals surface area (Å²) in [6.45, 7) is 6.40. The first-order valence-corrected chi connectivity index (χ1v) is 6.35. The molecule has 1 aliphatic rings. The molecule has 3 nitrogen and oxygen atoms in total. The molecule has 0 saturated carbocycles. The largest absolute Gasteiger partial charge is 0.491 e. The molecule has 0 aromatic heterocycles. The van der Waals surface area contributed by atoms with E-state index in [1.807, 2.05) is 26.0 Å². The molecule has 1 heterocycles. The fraction of sp³-hybridized carbons (Fsp3) is 0.571. The van der Waals surface area contributed by atoms with Crippen molar-refractivity contribution in [2.75, 3.05) is 25.5 Å². The lowest BCUT2D eigenvalue weighted by Gasteiger charge is -2.15. The average Bonchev–Trinajstić information content (AvgIpc) is 2.66. The number of nitrogens with one attached hydrogen (secondary N) is 1. The van der Waals surface area contributed by atoms with Crippen molar-refractivity contribution in [2.45, 2.75) is 32.4 Å². The number of hydrogen-bond donors (Lipinski definition) is 1. The Labute approximate surface area is 104 Å². The van der Waals surface area contributed by atoms with Gasteiger partial charge in [-0.3, -0.25) is 0 Å². The summed E-state index contributed by atoms with van der Waals surface area (Å²) in [7, 11) is 2.17. The second kappa shape index (κ2) is 5.41. The zero-order valence-electron chi connectivity index (χ0n) is 10.9. The fourth-order valence-corrected chi connectivity index (χ4v) is 2.19. The van der Waals surface area contributed by atoms with Crippen LogP contribution in [0.2, 0.25) is 0 Å². The Bertz CT molecular complexity index is 348. The van der Waals surface area contributed by atoms with Crippen molar-refractivity contribution >= 4 is 5.69 Å². The quantitative estimate of drug-likeness (QED) is 0.866. The summed E-state index contributed by atoms with van der Waals surface area (Å²) in [5.41, 5.74) is 1.18. The van der Waals surface area contributed by atoms with Crippen molar-refractivity contribution < 1.29 is 4.74 Å². The summed E-state index contributed by atoms with van der Waals surface area (Å²) in [5.74, 6) is 0.939. The Hall–Kier alpha value is -1.22. The van der Waals surface area contributed by atoms with E-state index in [4.69, 9.17) is 4.74 Å². The number of benzene rings is 1. The van der Waals surface area contributed by atoms with Gasteiger partial charge < -0.3 is 15.0 Å². The molecule has 17 heavy (non-hydrogen) atoms. The van der Waals surface area contributed by atoms with Gasteiger partial charge in [0.2, 0.25) is 0 Å². The SMILES string of the molecule is CC(C)Oc1ccc(NC2CCN(C)C2)cc1. The van der Waals surface area contributed by atoms with E-state index >= 15 is 0 Å². The Balaban J connectivity index is 1.89. The number of anilines is 1. The number of ether oxygens (including phenoxy) is 1. The number of rotatable bonds is 4. The minimum atomic E-state index is 0.234. The molecule has 94 valence electrons. The summed E-state index contributed by atoms with van der Waals surface area (Å²) in [6.07, 6.45) is 1.46. The molecule has 0 spiro atoms. The minimum Gasteiger partial charge on any atom is -0.491 e. The van der Waals surface area contributed by atoms with Gasteiger partial charge in [0.15, 0.2) is 0 Å². The molecular formula is C14H22N2O. The van der Waals surface area contributed by atoms with Gasteiger partial charge in [-0.15, -0.1) is 0 Å². The van der Waals surface area contributed by atoms with Gasteiger partial charge in [0.1, 0.15) is 5.75 Å². The summed E-state index contributed by atoms with van der Waals surface area (Å²) >= 11 is 0. The lowest BCUT2D eigenvalue weighted by Crippen LogP contribution is -2.23. The van der Waals surface area contributed by atoms with Crippen molar-refractivity contribution in [1.29, 1.82) is 0 Å². The van der Waals surface area contributed by atoms with Crippen LogP contribution in [0.4, 0.5) is 5.69 Å². The lowest BCUT2D eigenvalue weighted by atomic mass is 10.2.